The number of aryl methyl sites for hydroxylation is 1. The maximum Gasteiger partial charge on any atom is 0.329 e. The van der Waals surface area contributed by atoms with E-state index in [1.54, 1.807) is 12.1 Å². The SMILES string of the molecule is Cc1ccc2ncn(S(=O)(=O)N=[N+]=[N-])c2c1. The minimum absolute atomic E-state index is 0.396. The van der Waals surface area contributed by atoms with Crippen LogP contribution in [0.5, 0.6) is 0 Å². The molecule has 0 radical (unpaired) electrons. The van der Waals surface area contributed by atoms with Crippen LogP contribution in [0, 0.1) is 6.92 Å². The number of azide groups is 1. The second kappa shape index (κ2) is 3.51. The van der Waals surface area contributed by atoms with Gasteiger partial charge in [-0.3, -0.25) is 0 Å². The molecule has 0 unspecified atom stereocenters. The highest BCUT2D eigenvalue weighted by molar-refractivity contribution is 7.88. The molecule has 1 aromatic carbocycles. The zero-order chi connectivity index (χ0) is 11.8. The standard InChI is InChI=1S/C8H7N5O2S/c1-6-2-3-7-8(4-6)13(5-10-7)16(14,15)12-11-9/h2-5H,1H3. The second-order valence-electron chi connectivity index (χ2n) is 3.18. The molecule has 0 spiro atoms. The van der Waals surface area contributed by atoms with Crippen LogP contribution in [0.1, 0.15) is 5.56 Å². The van der Waals surface area contributed by atoms with Gasteiger partial charge in [-0.2, -0.15) is 8.42 Å². The molecular formula is C8H7N5O2S. The summed E-state index contributed by atoms with van der Waals surface area (Å²) in [5, 5.41) is 0. The number of imidazole rings is 1. The summed E-state index contributed by atoms with van der Waals surface area (Å²) in [6.07, 6.45) is 1.12. The molecule has 0 saturated heterocycles. The number of rotatable bonds is 2. The summed E-state index contributed by atoms with van der Waals surface area (Å²) in [6, 6.07) is 5.18. The van der Waals surface area contributed by atoms with Crippen LogP contribution in [0.15, 0.2) is 29.0 Å². The molecule has 1 heterocycles. The summed E-state index contributed by atoms with van der Waals surface area (Å²) in [4.78, 5) is 6.19. The number of hydrogen-bond donors (Lipinski definition) is 0. The summed E-state index contributed by atoms with van der Waals surface area (Å²) in [5.74, 6) is 0. The molecule has 2 aromatic rings. The van der Waals surface area contributed by atoms with Gasteiger partial charge in [0.2, 0.25) is 0 Å². The second-order valence-corrected chi connectivity index (χ2v) is 4.63. The average molecular weight is 237 g/mol. The van der Waals surface area contributed by atoms with Gasteiger partial charge in [0, 0.05) is 4.91 Å². The van der Waals surface area contributed by atoms with Crippen LogP contribution in [-0.4, -0.2) is 17.4 Å². The van der Waals surface area contributed by atoms with Gasteiger partial charge in [-0.25, -0.2) is 8.96 Å². The van der Waals surface area contributed by atoms with E-state index in [-0.39, 0.29) is 0 Å². The van der Waals surface area contributed by atoms with Crippen molar-refractivity contribution in [3.63, 3.8) is 0 Å². The lowest BCUT2D eigenvalue weighted by molar-refractivity contribution is 0.590. The fraction of sp³-hybridized carbons (Fsp3) is 0.125. The fourth-order valence-corrected chi connectivity index (χ4v) is 2.10. The van der Waals surface area contributed by atoms with Crippen LogP contribution in [0.4, 0.5) is 0 Å². The number of hydrogen-bond acceptors (Lipinski definition) is 3. The Kier molecular flexibility index (Phi) is 2.30. The van der Waals surface area contributed by atoms with Gasteiger partial charge in [0.05, 0.1) is 15.6 Å². The van der Waals surface area contributed by atoms with Crippen LogP contribution in [0.25, 0.3) is 21.5 Å². The molecule has 1 aromatic heterocycles. The molecule has 0 bridgehead atoms. The largest absolute Gasteiger partial charge is 0.329 e. The third kappa shape index (κ3) is 1.60. The highest BCUT2D eigenvalue weighted by Gasteiger charge is 2.14. The van der Waals surface area contributed by atoms with E-state index >= 15 is 0 Å². The van der Waals surface area contributed by atoms with Gasteiger partial charge in [-0.05, 0) is 30.2 Å². The highest BCUT2D eigenvalue weighted by atomic mass is 32.2. The highest BCUT2D eigenvalue weighted by Crippen LogP contribution is 2.17. The van der Waals surface area contributed by atoms with Crippen LogP contribution >= 0.6 is 0 Å². The maximum absolute atomic E-state index is 11.5. The van der Waals surface area contributed by atoms with Gasteiger partial charge in [-0.1, -0.05) is 6.07 Å². The number of fused-ring (bicyclic) bond motifs is 1. The monoisotopic (exact) mass is 237 g/mol. The molecule has 0 N–H and O–H groups in total. The Labute approximate surface area is 91.1 Å². The minimum Gasteiger partial charge on any atom is -0.236 e. The summed E-state index contributed by atoms with van der Waals surface area (Å²) in [7, 11) is -4.05. The predicted octanol–water partition coefficient (Wildman–Crippen LogP) is 1.75. The Balaban J connectivity index is 2.80. The average Bonchev–Trinajstić information content (AvgIpc) is 2.60. The molecule has 7 nitrogen and oxygen atoms in total. The van der Waals surface area contributed by atoms with Crippen LogP contribution in [-0.2, 0) is 10.2 Å². The van der Waals surface area contributed by atoms with Crippen molar-refractivity contribution in [2.45, 2.75) is 6.92 Å². The third-order valence-electron chi connectivity index (χ3n) is 2.06. The summed E-state index contributed by atoms with van der Waals surface area (Å²) >= 11 is 0. The smallest absolute Gasteiger partial charge is 0.236 e. The van der Waals surface area contributed by atoms with Gasteiger partial charge < -0.3 is 0 Å². The van der Waals surface area contributed by atoms with Crippen molar-refractivity contribution in [1.29, 1.82) is 0 Å². The first-order valence-corrected chi connectivity index (χ1v) is 5.70. The van der Waals surface area contributed by atoms with Crippen molar-refractivity contribution in [1.82, 2.24) is 8.96 Å². The Hall–Kier alpha value is -2.05. The fourth-order valence-electron chi connectivity index (χ4n) is 1.37. The molecular weight excluding hydrogens is 230 g/mol. The molecule has 0 aliphatic heterocycles. The molecule has 0 saturated carbocycles. The lowest BCUT2D eigenvalue weighted by Gasteiger charge is -1.99. The van der Waals surface area contributed by atoms with Crippen molar-refractivity contribution >= 4 is 21.2 Å². The molecule has 0 aliphatic carbocycles. The van der Waals surface area contributed by atoms with Crippen LogP contribution < -0.4 is 0 Å². The number of benzene rings is 1. The summed E-state index contributed by atoms with van der Waals surface area (Å²) < 4.78 is 26.7. The van der Waals surface area contributed by atoms with E-state index < -0.39 is 10.2 Å². The molecule has 2 rings (SSSR count). The first kappa shape index (κ1) is 10.5. The van der Waals surface area contributed by atoms with Gasteiger partial charge in [0.15, 0.2) is 0 Å². The van der Waals surface area contributed by atoms with Crippen molar-refractivity contribution in [3.05, 3.63) is 40.5 Å². The van der Waals surface area contributed by atoms with Crippen molar-refractivity contribution in [2.75, 3.05) is 0 Å². The van der Waals surface area contributed by atoms with E-state index in [0.29, 0.717) is 11.0 Å². The third-order valence-corrected chi connectivity index (χ3v) is 3.13. The van der Waals surface area contributed by atoms with Gasteiger partial charge in [0.25, 0.3) is 0 Å². The zero-order valence-corrected chi connectivity index (χ0v) is 9.09. The first-order chi connectivity index (χ1) is 7.54. The number of nitrogens with zero attached hydrogens (tertiary/aromatic N) is 5. The van der Waals surface area contributed by atoms with Crippen molar-refractivity contribution in [2.24, 2.45) is 4.52 Å². The lowest BCUT2D eigenvalue weighted by atomic mass is 10.2. The lowest BCUT2D eigenvalue weighted by Crippen LogP contribution is -2.06. The summed E-state index contributed by atoms with van der Waals surface area (Å²) in [6.45, 7) is 1.83. The molecule has 0 aliphatic rings. The van der Waals surface area contributed by atoms with Gasteiger partial charge in [-0.15, -0.1) is 0 Å². The van der Waals surface area contributed by atoms with Gasteiger partial charge in [0.1, 0.15) is 6.33 Å². The Bertz CT molecular complexity index is 696. The van der Waals surface area contributed by atoms with E-state index in [1.165, 1.54) is 0 Å². The van der Waals surface area contributed by atoms with Crippen LogP contribution in [0.2, 0.25) is 0 Å². The quantitative estimate of drug-likeness (QED) is 0.451. The van der Waals surface area contributed by atoms with E-state index in [0.717, 1.165) is 15.9 Å². The Morgan fingerprint density at radius 2 is 2.25 bits per heavy atom. The van der Waals surface area contributed by atoms with E-state index in [9.17, 15) is 8.42 Å². The topological polar surface area (TPSA) is 101 Å². The van der Waals surface area contributed by atoms with E-state index in [4.69, 9.17) is 5.53 Å². The normalized spacial score (nSPS) is 11.3. The van der Waals surface area contributed by atoms with Crippen molar-refractivity contribution < 1.29 is 8.42 Å². The molecule has 8 heteroatoms. The Morgan fingerprint density at radius 3 is 2.94 bits per heavy atom. The molecule has 0 amide bonds. The van der Waals surface area contributed by atoms with E-state index in [1.807, 2.05) is 13.0 Å². The zero-order valence-electron chi connectivity index (χ0n) is 8.27. The number of aromatic nitrogens is 2. The summed E-state index contributed by atoms with van der Waals surface area (Å²) in [5.41, 5.74) is 9.99. The van der Waals surface area contributed by atoms with Crippen LogP contribution in [0.3, 0.4) is 0 Å². The predicted molar refractivity (Wildman–Crippen MR) is 57.9 cm³/mol. The molecule has 82 valence electrons. The Morgan fingerprint density at radius 1 is 1.50 bits per heavy atom. The van der Waals surface area contributed by atoms with E-state index in [2.05, 4.69) is 14.4 Å². The van der Waals surface area contributed by atoms with Gasteiger partial charge >= 0.3 is 10.2 Å². The minimum atomic E-state index is -4.05. The first-order valence-electron chi connectivity index (χ1n) is 4.30. The molecule has 16 heavy (non-hydrogen) atoms. The maximum atomic E-state index is 11.5. The molecule has 0 fully saturated rings. The molecule has 0 atom stereocenters. The van der Waals surface area contributed by atoms with Crippen molar-refractivity contribution in [3.8, 4) is 0 Å².